The zero-order valence-corrected chi connectivity index (χ0v) is 10.3. The molecule has 0 fully saturated rings. The Bertz CT molecular complexity index is 291. The second-order valence-corrected chi connectivity index (χ2v) is 4.45. The van der Waals surface area contributed by atoms with Crippen LogP contribution in [0.25, 0.3) is 0 Å². The lowest BCUT2D eigenvalue weighted by atomic mass is 10.0. The summed E-state index contributed by atoms with van der Waals surface area (Å²) in [7, 11) is 0. The predicted octanol–water partition coefficient (Wildman–Crippen LogP) is 4.20. The molecule has 0 amide bonds. The van der Waals surface area contributed by atoms with Crippen molar-refractivity contribution in [1.29, 1.82) is 0 Å². The van der Waals surface area contributed by atoms with E-state index in [1.54, 1.807) is 0 Å². The van der Waals surface area contributed by atoms with Gasteiger partial charge in [0.1, 0.15) is 11.9 Å². The molecule has 0 saturated carbocycles. The number of hydrogen-bond donors (Lipinski definition) is 0. The smallest absolute Gasteiger partial charge is 0.122 e. The van der Waals surface area contributed by atoms with Gasteiger partial charge in [-0.25, -0.2) is 0 Å². The molecule has 15 heavy (non-hydrogen) atoms. The molecule has 1 aromatic carbocycles. The van der Waals surface area contributed by atoms with Crippen LogP contribution in [-0.2, 0) is 0 Å². The highest BCUT2D eigenvalue weighted by atomic mass is 16.5. The third kappa shape index (κ3) is 3.58. The van der Waals surface area contributed by atoms with Gasteiger partial charge in [-0.05, 0) is 30.9 Å². The molecule has 1 heteroatoms. The zero-order chi connectivity index (χ0) is 11.3. The quantitative estimate of drug-likeness (QED) is 0.701. The molecule has 0 aliphatic heterocycles. The number of para-hydroxylation sites is 1. The van der Waals surface area contributed by atoms with Crippen LogP contribution in [0.15, 0.2) is 24.3 Å². The highest BCUT2D eigenvalue weighted by molar-refractivity contribution is 5.31. The maximum Gasteiger partial charge on any atom is 0.122 e. The lowest BCUT2D eigenvalue weighted by molar-refractivity contribution is 0.140. The number of hydrogen-bond acceptors (Lipinski definition) is 1. The van der Waals surface area contributed by atoms with Crippen LogP contribution in [0.4, 0.5) is 0 Å². The average Bonchev–Trinajstić information content (AvgIpc) is 2.20. The van der Waals surface area contributed by atoms with Crippen molar-refractivity contribution in [3.8, 4) is 5.75 Å². The van der Waals surface area contributed by atoms with Crippen molar-refractivity contribution in [3.05, 3.63) is 29.8 Å². The molecule has 0 aliphatic carbocycles. The van der Waals surface area contributed by atoms with Crippen LogP contribution < -0.4 is 4.74 Å². The van der Waals surface area contributed by atoms with E-state index < -0.39 is 0 Å². The van der Waals surface area contributed by atoms with Crippen LogP contribution in [-0.4, -0.2) is 6.10 Å². The van der Waals surface area contributed by atoms with E-state index >= 15 is 0 Å². The molecule has 0 aromatic heterocycles. The van der Waals surface area contributed by atoms with E-state index in [1.807, 2.05) is 12.1 Å². The molecule has 1 atom stereocenters. The Kier molecular flexibility index (Phi) is 4.67. The number of rotatable bonds is 5. The van der Waals surface area contributed by atoms with Gasteiger partial charge < -0.3 is 4.74 Å². The molecule has 84 valence electrons. The van der Waals surface area contributed by atoms with Crippen molar-refractivity contribution in [3.63, 3.8) is 0 Å². The van der Waals surface area contributed by atoms with Gasteiger partial charge in [0.15, 0.2) is 0 Å². The molecule has 0 saturated heterocycles. The zero-order valence-electron chi connectivity index (χ0n) is 10.3. The number of aryl methyl sites for hydroxylation is 1. The Hall–Kier alpha value is -0.980. The van der Waals surface area contributed by atoms with Crippen LogP contribution in [0, 0.1) is 12.8 Å². The summed E-state index contributed by atoms with van der Waals surface area (Å²) < 4.78 is 6.05. The van der Waals surface area contributed by atoms with Crippen molar-refractivity contribution in [2.24, 2.45) is 5.92 Å². The summed E-state index contributed by atoms with van der Waals surface area (Å²) in [6.45, 7) is 8.74. The van der Waals surface area contributed by atoms with Gasteiger partial charge in [0, 0.05) is 0 Å². The van der Waals surface area contributed by atoms with Crippen LogP contribution >= 0.6 is 0 Å². The van der Waals surface area contributed by atoms with Crippen LogP contribution in [0.1, 0.15) is 39.2 Å². The van der Waals surface area contributed by atoms with Crippen LogP contribution in [0.5, 0.6) is 5.75 Å². The van der Waals surface area contributed by atoms with Crippen molar-refractivity contribution < 1.29 is 4.74 Å². The number of benzene rings is 1. The van der Waals surface area contributed by atoms with E-state index in [0.29, 0.717) is 12.0 Å². The lowest BCUT2D eigenvalue weighted by Gasteiger charge is -2.23. The molecule has 1 unspecified atom stereocenters. The topological polar surface area (TPSA) is 9.23 Å². The van der Waals surface area contributed by atoms with E-state index in [4.69, 9.17) is 4.74 Å². The molecule has 1 nitrogen and oxygen atoms in total. The van der Waals surface area contributed by atoms with E-state index in [0.717, 1.165) is 12.2 Å². The highest BCUT2D eigenvalue weighted by Gasteiger charge is 2.14. The molecule has 0 radical (unpaired) electrons. The van der Waals surface area contributed by atoms with Crippen molar-refractivity contribution >= 4 is 0 Å². The van der Waals surface area contributed by atoms with Gasteiger partial charge in [-0.3, -0.25) is 0 Å². The Labute approximate surface area is 93.5 Å². The molecule has 0 N–H and O–H groups in total. The van der Waals surface area contributed by atoms with Gasteiger partial charge in [0.05, 0.1) is 0 Å². The highest BCUT2D eigenvalue weighted by Crippen LogP contribution is 2.22. The molecule has 0 spiro atoms. The SMILES string of the molecule is CCCC(Oc1ccccc1C)C(C)C. The second kappa shape index (κ2) is 5.79. The maximum absolute atomic E-state index is 6.05. The maximum atomic E-state index is 6.05. The fourth-order valence-corrected chi connectivity index (χ4v) is 1.66. The lowest BCUT2D eigenvalue weighted by Crippen LogP contribution is -2.23. The minimum atomic E-state index is 0.344. The van der Waals surface area contributed by atoms with Gasteiger partial charge in [-0.2, -0.15) is 0 Å². The Morgan fingerprint density at radius 2 is 1.87 bits per heavy atom. The van der Waals surface area contributed by atoms with Crippen LogP contribution in [0.2, 0.25) is 0 Å². The standard InChI is InChI=1S/C14H22O/c1-5-8-13(11(2)3)15-14-10-7-6-9-12(14)4/h6-7,9-11,13H,5,8H2,1-4H3. The van der Waals surface area contributed by atoms with Gasteiger partial charge in [-0.1, -0.05) is 45.4 Å². The molecular weight excluding hydrogens is 184 g/mol. The third-order valence-corrected chi connectivity index (χ3v) is 2.69. The first kappa shape index (κ1) is 12.1. The van der Waals surface area contributed by atoms with Gasteiger partial charge in [0.25, 0.3) is 0 Å². The molecule has 1 aromatic rings. The second-order valence-electron chi connectivity index (χ2n) is 4.45. The minimum absolute atomic E-state index is 0.344. The number of ether oxygens (including phenoxy) is 1. The summed E-state index contributed by atoms with van der Waals surface area (Å²) in [6.07, 6.45) is 2.65. The fraction of sp³-hybridized carbons (Fsp3) is 0.571. The molecule has 0 heterocycles. The van der Waals surface area contributed by atoms with Crippen molar-refractivity contribution in [2.75, 3.05) is 0 Å². The molecular formula is C14H22O. The third-order valence-electron chi connectivity index (χ3n) is 2.69. The molecule has 1 rings (SSSR count). The summed E-state index contributed by atoms with van der Waals surface area (Å²) in [5, 5.41) is 0. The van der Waals surface area contributed by atoms with E-state index in [-0.39, 0.29) is 0 Å². The van der Waals surface area contributed by atoms with E-state index in [9.17, 15) is 0 Å². The Morgan fingerprint density at radius 3 is 2.40 bits per heavy atom. The van der Waals surface area contributed by atoms with Crippen LogP contribution in [0.3, 0.4) is 0 Å². The first-order valence-electron chi connectivity index (χ1n) is 5.87. The molecule has 0 bridgehead atoms. The Balaban J connectivity index is 2.69. The Morgan fingerprint density at radius 1 is 1.20 bits per heavy atom. The fourth-order valence-electron chi connectivity index (χ4n) is 1.66. The van der Waals surface area contributed by atoms with E-state index in [1.165, 1.54) is 12.0 Å². The summed E-state index contributed by atoms with van der Waals surface area (Å²) in [5.41, 5.74) is 1.22. The first-order valence-corrected chi connectivity index (χ1v) is 5.87. The van der Waals surface area contributed by atoms with Crippen molar-refractivity contribution in [2.45, 2.75) is 46.6 Å². The average molecular weight is 206 g/mol. The first-order chi connectivity index (χ1) is 7.15. The van der Waals surface area contributed by atoms with E-state index in [2.05, 4.69) is 39.8 Å². The largest absolute Gasteiger partial charge is 0.490 e. The monoisotopic (exact) mass is 206 g/mol. The summed E-state index contributed by atoms with van der Waals surface area (Å²) in [4.78, 5) is 0. The van der Waals surface area contributed by atoms with Crippen molar-refractivity contribution in [1.82, 2.24) is 0 Å². The molecule has 0 aliphatic rings. The minimum Gasteiger partial charge on any atom is -0.490 e. The summed E-state index contributed by atoms with van der Waals surface area (Å²) >= 11 is 0. The van der Waals surface area contributed by atoms with Gasteiger partial charge in [0.2, 0.25) is 0 Å². The predicted molar refractivity (Wildman–Crippen MR) is 65.3 cm³/mol. The van der Waals surface area contributed by atoms with Gasteiger partial charge in [-0.15, -0.1) is 0 Å². The normalized spacial score (nSPS) is 12.9. The summed E-state index contributed by atoms with van der Waals surface area (Å²) in [5.74, 6) is 1.61. The summed E-state index contributed by atoms with van der Waals surface area (Å²) in [6, 6.07) is 8.23. The van der Waals surface area contributed by atoms with Gasteiger partial charge >= 0.3 is 0 Å².